The van der Waals surface area contributed by atoms with Crippen LogP contribution in [0.15, 0.2) is 6.07 Å². The first-order valence-electron chi connectivity index (χ1n) is 4.71. The molecular formula is C8H12N4O3. The number of nitro groups is 1. The number of hydrogen-bond donors (Lipinski definition) is 3. The van der Waals surface area contributed by atoms with E-state index >= 15 is 0 Å². The molecule has 1 aromatic heterocycles. The van der Waals surface area contributed by atoms with Crippen LogP contribution in [0, 0.1) is 10.1 Å². The lowest BCUT2D eigenvalue weighted by atomic mass is 9.97. The van der Waals surface area contributed by atoms with Crippen molar-refractivity contribution in [2.24, 2.45) is 0 Å². The molecule has 1 aromatic rings. The lowest BCUT2D eigenvalue weighted by Gasteiger charge is -2.18. The minimum atomic E-state index is -0.816. The van der Waals surface area contributed by atoms with Gasteiger partial charge in [-0.05, 0) is 17.9 Å². The van der Waals surface area contributed by atoms with Crippen LogP contribution in [-0.2, 0) is 6.42 Å². The third-order valence-corrected chi connectivity index (χ3v) is 2.55. The summed E-state index contributed by atoms with van der Waals surface area (Å²) in [5.41, 5.74) is -0.295. The molecule has 0 saturated carbocycles. The van der Waals surface area contributed by atoms with Crippen molar-refractivity contribution in [3.8, 4) is 0 Å². The van der Waals surface area contributed by atoms with Gasteiger partial charge in [-0.15, -0.1) is 5.10 Å². The summed E-state index contributed by atoms with van der Waals surface area (Å²) in [5, 5.41) is 29.5. The maximum Gasteiger partial charge on any atom is 0.342 e. The number of nitrogens with zero attached hydrogens (tertiary/aromatic N) is 2. The number of nitrogens with one attached hydrogen (secondary N) is 2. The second-order valence-electron chi connectivity index (χ2n) is 3.83. The maximum absolute atomic E-state index is 10.4. The number of aliphatic hydroxyl groups is 1. The number of rotatable bonds is 3. The van der Waals surface area contributed by atoms with Crippen LogP contribution >= 0.6 is 0 Å². The van der Waals surface area contributed by atoms with Crippen molar-refractivity contribution in [1.29, 1.82) is 0 Å². The molecule has 15 heavy (non-hydrogen) atoms. The highest BCUT2D eigenvalue weighted by molar-refractivity contribution is 5.22. The Morgan fingerprint density at radius 1 is 1.73 bits per heavy atom. The average Bonchev–Trinajstić information content (AvgIpc) is 2.75. The molecule has 0 aliphatic carbocycles. The van der Waals surface area contributed by atoms with Gasteiger partial charge in [0.15, 0.2) is 0 Å². The van der Waals surface area contributed by atoms with E-state index in [4.69, 9.17) is 0 Å². The van der Waals surface area contributed by atoms with Crippen molar-refractivity contribution in [2.75, 3.05) is 13.1 Å². The van der Waals surface area contributed by atoms with Crippen molar-refractivity contribution in [2.45, 2.75) is 18.4 Å². The summed E-state index contributed by atoms with van der Waals surface area (Å²) in [6.45, 7) is 1.27. The Bertz CT molecular complexity index is 370. The second-order valence-corrected chi connectivity index (χ2v) is 3.83. The van der Waals surface area contributed by atoms with Gasteiger partial charge in [0.2, 0.25) is 0 Å². The Labute approximate surface area is 85.6 Å². The fourth-order valence-corrected chi connectivity index (χ4v) is 1.75. The molecule has 2 heterocycles. The Morgan fingerprint density at radius 3 is 3.07 bits per heavy atom. The van der Waals surface area contributed by atoms with Gasteiger partial charge in [0, 0.05) is 13.0 Å². The van der Waals surface area contributed by atoms with Gasteiger partial charge in [-0.2, -0.15) is 0 Å². The summed E-state index contributed by atoms with van der Waals surface area (Å²) in [5.74, 6) is -0.139. The van der Waals surface area contributed by atoms with E-state index < -0.39 is 10.5 Å². The molecule has 1 atom stereocenters. The van der Waals surface area contributed by atoms with Crippen molar-refractivity contribution in [3.05, 3.63) is 21.9 Å². The summed E-state index contributed by atoms with van der Waals surface area (Å²) in [6.07, 6.45) is 0.984. The van der Waals surface area contributed by atoms with E-state index in [9.17, 15) is 15.2 Å². The largest absolute Gasteiger partial charge is 0.388 e. The summed E-state index contributed by atoms with van der Waals surface area (Å²) in [7, 11) is 0. The summed E-state index contributed by atoms with van der Waals surface area (Å²) < 4.78 is 0. The van der Waals surface area contributed by atoms with Crippen molar-refractivity contribution >= 4 is 5.82 Å². The molecule has 1 aliphatic heterocycles. The van der Waals surface area contributed by atoms with Gasteiger partial charge in [0.25, 0.3) is 0 Å². The topological polar surface area (TPSA) is 104 Å². The van der Waals surface area contributed by atoms with Gasteiger partial charge in [-0.25, -0.2) is 0 Å². The number of β-amino-alcohol motifs (C(OH)–C–C–N with tert-alkyl or cyclic N) is 1. The van der Waals surface area contributed by atoms with E-state index in [1.165, 1.54) is 6.07 Å². The molecule has 0 amide bonds. The van der Waals surface area contributed by atoms with Crippen LogP contribution in [0.4, 0.5) is 5.82 Å². The number of aromatic nitrogens is 2. The van der Waals surface area contributed by atoms with E-state index in [1.54, 1.807) is 0 Å². The van der Waals surface area contributed by atoms with E-state index in [-0.39, 0.29) is 5.82 Å². The third kappa shape index (κ3) is 2.13. The second kappa shape index (κ2) is 3.59. The van der Waals surface area contributed by atoms with Crippen molar-refractivity contribution in [1.82, 2.24) is 15.5 Å². The van der Waals surface area contributed by atoms with Gasteiger partial charge < -0.3 is 20.5 Å². The molecule has 1 fully saturated rings. The Morgan fingerprint density at radius 2 is 2.53 bits per heavy atom. The van der Waals surface area contributed by atoms with Crippen LogP contribution in [0.25, 0.3) is 0 Å². The molecule has 7 heteroatoms. The van der Waals surface area contributed by atoms with Gasteiger partial charge in [0.1, 0.15) is 0 Å². The van der Waals surface area contributed by atoms with Gasteiger partial charge in [-0.1, -0.05) is 5.10 Å². The molecular weight excluding hydrogens is 200 g/mol. The summed E-state index contributed by atoms with van der Waals surface area (Å²) in [6, 6.07) is 1.36. The zero-order valence-electron chi connectivity index (χ0n) is 8.06. The lowest BCUT2D eigenvalue weighted by molar-refractivity contribution is -0.389. The van der Waals surface area contributed by atoms with Crippen LogP contribution in [0.3, 0.4) is 0 Å². The zero-order valence-corrected chi connectivity index (χ0v) is 8.06. The zero-order chi connectivity index (χ0) is 10.9. The predicted octanol–water partition coefficient (Wildman–Crippen LogP) is -0.415. The highest BCUT2D eigenvalue weighted by Crippen LogP contribution is 2.20. The Kier molecular flexibility index (Phi) is 2.41. The summed E-state index contributed by atoms with van der Waals surface area (Å²) in [4.78, 5) is 9.86. The van der Waals surface area contributed by atoms with E-state index in [1.807, 2.05) is 0 Å². The minimum absolute atomic E-state index is 0.139. The van der Waals surface area contributed by atoms with E-state index in [2.05, 4.69) is 15.5 Å². The lowest BCUT2D eigenvalue weighted by Crippen LogP contribution is -2.33. The molecule has 0 bridgehead atoms. The predicted molar refractivity (Wildman–Crippen MR) is 51.4 cm³/mol. The fourth-order valence-electron chi connectivity index (χ4n) is 1.75. The quantitative estimate of drug-likeness (QED) is 0.466. The van der Waals surface area contributed by atoms with Crippen molar-refractivity contribution in [3.63, 3.8) is 0 Å². The van der Waals surface area contributed by atoms with Crippen molar-refractivity contribution < 1.29 is 10.0 Å². The molecule has 2 rings (SSSR count). The first kappa shape index (κ1) is 10.1. The van der Waals surface area contributed by atoms with E-state index in [0.717, 1.165) is 6.54 Å². The molecule has 0 aromatic carbocycles. The van der Waals surface area contributed by atoms with Crippen LogP contribution in [0.2, 0.25) is 0 Å². The van der Waals surface area contributed by atoms with Crippen LogP contribution in [0.1, 0.15) is 12.1 Å². The average molecular weight is 212 g/mol. The first-order chi connectivity index (χ1) is 7.09. The number of aromatic amines is 1. The summed E-state index contributed by atoms with van der Waals surface area (Å²) >= 11 is 0. The molecule has 0 radical (unpaired) electrons. The highest BCUT2D eigenvalue weighted by Gasteiger charge is 2.32. The minimum Gasteiger partial charge on any atom is -0.388 e. The molecule has 1 saturated heterocycles. The van der Waals surface area contributed by atoms with Crippen LogP contribution in [0.5, 0.6) is 0 Å². The standard InChI is InChI=1S/C8H12N4O3/c13-8(1-2-9-5-8)4-6-3-7(11-10-6)12(14)15/h3,9,13H,1-2,4-5H2,(H,10,11). The normalized spacial score (nSPS) is 25.7. The smallest absolute Gasteiger partial charge is 0.342 e. The Hall–Kier alpha value is -1.47. The van der Waals surface area contributed by atoms with Crippen LogP contribution in [-0.4, -0.2) is 38.9 Å². The van der Waals surface area contributed by atoms with Crippen LogP contribution < -0.4 is 5.32 Å². The van der Waals surface area contributed by atoms with E-state index in [0.29, 0.717) is 25.1 Å². The van der Waals surface area contributed by atoms with Gasteiger partial charge in [0.05, 0.1) is 17.4 Å². The Balaban J connectivity index is 2.07. The maximum atomic E-state index is 10.4. The van der Waals surface area contributed by atoms with Gasteiger partial charge >= 0.3 is 5.82 Å². The number of hydrogen-bond acceptors (Lipinski definition) is 5. The van der Waals surface area contributed by atoms with Gasteiger partial charge in [-0.3, -0.25) is 0 Å². The monoisotopic (exact) mass is 212 g/mol. The molecule has 0 spiro atoms. The fraction of sp³-hybridized carbons (Fsp3) is 0.625. The molecule has 7 nitrogen and oxygen atoms in total. The highest BCUT2D eigenvalue weighted by atomic mass is 16.6. The SMILES string of the molecule is O=[N+]([O-])c1cc(CC2(O)CCNC2)n[nH]1. The molecule has 3 N–H and O–H groups in total. The first-order valence-corrected chi connectivity index (χ1v) is 4.71. The molecule has 1 unspecified atom stereocenters. The third-order valence-electron chi connectivity index (χ3n) is 2.55. The number of H-pyrrole nitrogens is 1. The molecule has 82 valence electrons. The molecule has 1 aliphatic rings.